The van der Waals surface area contributed by atoms with Crippen molar-refractivity contribution in [1.29, 1.82) is 0 Å². The van der Waals surface area contributed by atoms with E-state index in [-0.39, 0.29) is 0 Å². The van der Waals surface area contributed by atoms with Gasteiger partial charge in [0.05, 0.1) is 0 Å². The normalized spacial score (nSPS) is 10.6. The van der Waals surface area contributed by atoms with Crippen LogP contribution < -0.4 is 5.32 Å². The van der Waals surface area contributed by atoms with Crippen molar-refractivity contribution in [3.8, 4) is 0 Å². The molecule has 0 spiro atoms. The molecule has 16 heavy (non-hydrogen) atoms. The van der Waals surface area contributed by atoms with Gasteiger partial charge in [-0.25, -0.2) is 0 Å². The van der Waals surface area contributed by atoms with E-state index in [1.165, 1.54) is 48.7 Å². The van der Waals surface area contributed by atoms with Gasteiger partial charge in [0.25, 0.3) is 0 Å². The largest absolute Gasteiger partial charge is 0.317 e. The number of unbranched alkanes of at least 4 members (excludes halogenated alkanes) is 3. The molecule has 0 aliphatic rings. The summed E-state index contributed by atoms with van der Waals surface area (Å²) in [6.45, 7) is 4.43. The molecule has 0 amide bonds. The first-order valence-corrected chi connectivity index (χ1v) is 7.07. The maximum atomic E-state index is 3.46. The minimum absolute atomic E-state index is 1.10. The third-order valence-corrected chi connectivity index (χ3v) is 3.26. The van der Waals surface area contributed by atoms with Crippen LogP contribution in [0, 0.1) is 0 Å². The zero-order valence-corrected chi connectivity index (χ0v) is 11.7. The number of aryl methyl sites for hydroxylation is 1. The molecule has 0 atom stereocenters. The molecular weight excluding hydrogens is 262 g/mol. The Morgan fingerprint density at radius 2 is 1.69 bits per heavy atom. The lowest BCUT2D eigenvalue weighted by molar-refractivity contribution is 0.598. The fraction of sp³-hybridized carbons (Fsp3) is 0.571. The molecule has 0 unspecified atom stereocenters. The molecule has 0 heterocycles. The molecule has 1 aromatic rings. The number of benzene rings is 1. The number of nitrogens with one attached hydrogen (secondary N) is 1. The minimum atomic E-state index is 1.10. The zero-order chi connectivity index (χ0) is 11.6. The van der Waals surface area contributed by atoms with Crippen molar-refractivity contribution < 1.29 is 0 Å². The molecule has 0 fully saturated rings. The van der Waals surface area contributed by atoms with Crippen molar-refractivity contribution in [2.45, 2.75) is 39.0 Å². The van der Waals surface area contributed by atoms with Crippen LogP contribution in [-0.4, -0.2) is 13.1 Å². The summed E-state index contributed by atoms with van der Waals surface area (Å²) in [6.07, 6.45) is 6.54. The molecule has 2 heteroatoms. The monoisotopic (exact) mass is 283 g/mol. The highest BCUT2D eigenvalue weighted by atomic mass is 79.9. The first kappa shape index (κ1) is 13.7. The second kappa shape index (κ2) is 8.77. The van der Waals surface area contributed by atoms with Crippen LogP contribution in [0.4, 0.5) is 0 Å². The van der Waals surface area contributed by atoms with Crippen LogP contribution in [0.5, 0.6) is 0 Å². The highest BCUT2D eigenvalue weighted by Crippen LogP contribution is 2.13. The van der Waals surface area contributed by atoms with Crippen LogP contribution in [-0.2, 0) is 6.42 Å². The Bertz CT molecular complexity index is 269. The van der Waals surface area contributed by atoms with Gasteiger partial charge in [-0.3, -0.25) is 0 Å². The van der Waals surface area contributed by atoms with Gasteiger partial charge in [0.2, 0.25) is 0 Å². The molecule has 0 bridgehead atoms. The Kier molecular flexibility index (Phi) is 7.52. The van der Waals surface area contributed by atoms with Crippen LogP contribution in [0.2, 0.25) is 0 Å². The third-order valence-electron chi connectivity index (χ3n) is 2.73. The molecule has 1 nitrogen and oxygen atoms in total. The molecular formula is C14H22BrN. The van der Waals surface area contributed by atoms with E-state index in [0.29, 0.717) is 0 Å². The van der Waals surface area contributed by atoms with Crippen LogP contribution in [0.1, 0.15) is 38.2 Å². The number of hydrogen-bond donors (Lipinski definition) is 1. The summed E-state index contributed by atoms with van der Waals surface area (Å²) >= 11 is 3.46. The molecule has 1 aromatic carbocycles. The highest BCUT2D eigenvalue weighted by molar-refractivity contribution is 9.10. The summed E-state index contributed by atoms with van der Waals surface area (Å²) < 4.78 is 1.17. The molecule has 0 saturated heterocycles. The number of halogens is 1. The van der Waals surface area contributed by atoms with Gasteiger partial charge >= 0.3 is 0 Å². The summed E-state index contributed by atoms with van der Waals surface area (Å²) in [6, 6.07) is 8.67. The van der Waals surface area contributed by atoms with E-state index in [1.54, 1.807) is 0 Å². The Labute approximate surface area is 108 Å². The van der Waals surface area contributed by atoms with Gasteiger partial charge < -0.3 is 5.32 Å². The topological polar surface area (TPSA) is 12.0 Å². The second-order valence-electron chi connectivity index (χ2n) is 4.14. The van der Waals surface area contributed by atoms with Crippen LogP contribution >= 0.6 is 15.9 Å². The Hall–Kier alpha value is -0.340. The van der Waals surface area contributed by atoms with E-state index in [0.717, 1.165) is 6.54 Å². The second-order valence-corrected chi connectivity index (χ2v) is 5.06. The van der Waals surface area contributed by atoms with Gasteiger partial charge in [-0.2, -0.15) is 0 Å². The molecule has 0 aromatic heterocycles. The lowest BCUT2D eigenvalue weighted by Crippen LogP contribution is -2.13. The van der Waals surface area contributed by atoms with Crippen molar-refractivity contribution in [2.24, 2.45) is 0 Å². The standard InChI is InChI=1S/C14H22BrN/c1-2-16-12-6-4-3-5-7-13-8-10-14(15)11-9-13/h8-11,16H,2-7,12H2,1H3. The van der Waals surface area contributed by atoms with Gasteiger partial charge in [-0.1, -0.05) is 47.8 Å². The maximum absolute atomic E-state index is 3.46. The fourth-order valence-corrected chi connectivity index (χ4v) is 2.02. The number of rotatable bonds is 8. The van der Waals surface area contributed by atoms with E-state index < -0.39 is 0 Å². The average molecular weight is 284 g/mol. The quantitative estimate of drug-likeness (QED) is 0.707. The van der Waals surface area contributed by atoms with Crippen molar-refractivity contribution >= 4 is 15.9 Å². The highest BCUT2D eigenvalue weighted by Gasteiger charge is 1.94. The van der Waals surface area contributed by atoms with Gasteiger partial charge in [-0.05, 0) is 50.0 Å². The van der Waals surface area contributed by atoms with E-state index in [9.17, 15) is 0 Å². The van der Waals surface area contributed by atoms with Crippen molar-refractivity contribution in [2.75, 3.05) is 13.1 Å². The molecule has 1 N–H and O–H groups in total. The molecule has 0 aliphatic heterocycles. The Morgan fingerprint density at radius 1 is 1.00 bits per heavy atom. The van der Waals surface area contributed by atoms with Gasteiger partial charge in [0.15, 0.2) is 0 Å². The lowest BCUT2D eigenvalue weighted by Gasteiger charge is -2.03. The van der Waals surface area contributed by atoms with Crippen molar-refractivity contribution in [3.05, 3.63) is 34.3 Å². The van der Waals surface area contributed by atoms with E-state index in [1.807, 2.05) is 0 Å². The summed E-state index contributed by atoms with van der Waals surface area (Å²) in [4.78, 5) is 0. The van der Waals surface area contributed by atoms with E-state index in [2.05, 4.69) is 52.4 Å². The summed E-state index contributed by atoms with van der Waals surface area (Å²) in [7, 11) is 0. The van der Waals surface area contributed by atoms with E-state index in [4.69, 9.17) is 0 Å². The molecule has 0 aliphatic carbocycles. The summed E-state index contributed by atoms with van der Waals surface area (Å²) in [5.41, 5.74) is 1.45. The lowest BCUT2D eigenvalue weighted by atomic mass is 10.1. The predicted molar refractivity (Wildman–Crippen MR) is 74.9 cm³/mol. The smallest absolute Gasteiger partial charge is 0.0175 e. The predicted octanol–water partition coefficient (Wildman–Crippen LogP) is 4.16. The fourth-order valence-electron chi connectivity index (χ4n) is 1.76. The first-order chi connectivity index (χ1) is 7.83. The zero-order valence-electron chi connectivity index (χ0n) is 10.1. The van der Waals surface area contributed by atoms with Crippen molar-refractivity contribution in [3.63, 3.8) is 0 Å². The van der Waals surface area contributed by atoms with Crippen LogP contribution in [0.15, 0.2) is 28.7 Å². The van der Waals surface area contributed by atoms with E-state index >= 15 is 0 Å². The molecule has 1 rings (SSSR count). The maximum Gasteiger partial charge on any atom is 0.0175 e. The SMILES string of the molecule is CCNCCCCCCc1ccc(Br)cc1. The van der Waals surface area contributed by atoms with Crippen molar-refractivity contribution in [1.82, 2.24) is 5.32 Å². The minimum Gasteiger partial charge on any atom is -0.317 e. The van der Waals surface area contributed by atoms with Gasteiger partial charge in [-0.15, -0.1) is 0 Å². The third kappa shape index (κ3) is 6.29. The van der Waals surface area contributed by atoms with Crippen LogP contribution in [0.25, 0.3) is 0 Å². The van der Waals surface area contributed by atoms with Gasteiger partial charge in [0, 0.05) is 4.47 Å². The van der Waals surface area contributed by atoms with Gasteiger partial charge in [0.1, 0.15) is 0 Å². The average Bonchev–Trinajstić information content (AvgIpc) is 2.30. The summed E-state index contributed by atoms with van der Waals surface area (Å²) in [5.74, 6) is 0. The Balaban J connectivity index is 2.01. The number of hydrogen-bond acceptors (Lipinski definition) is 1. The molecule has 0 radical (unpaired) electrons. The van der Waals surface area contributed by atoms with Crippen LogP contribution in [0.3, 0.4) is 0 Å². The summed E-state index contributed by atoms with van der Waals surface area (Å²) in [5, 5.41) is 3.36. The Morgan fingerprint density at radius 3 is 2.38 bits per heavy atom. The molecule has 0 saturated carbocycles. The first-order valence-electron chi connectivity index (χ1n) is 6.28. The molecule has 90 valence electrons.